The standard InChI is InChI=1S/C20H18FN3O3/c1-26-17-9-7-13(11-18(17)27-2)23-19-10-8-14(12-22-19)24-20(25)15-5-3-4-6-16(15)21/h3-12H,1-2H3,(H,22,23)(H,24,25). The molecule has 0 aliphatic carbocycles. The number of rotatable bonds is 6. The highest BCUT2D eigenvalue weighted by Crippen LogP contribution is 2.30. The van der Waals surface area contributed by atoms with Crippen LogP contribution in [-0.4, -0.2) is 25.1 Å². The van der Waals surface area contributed by atoms with E-state index in [1.54, 1.807) is 44.6 Å². The average molecular weight is 367 g/mol. The number of hydrogen-bond donors (Lipinski definition) is 2. The molecule has 6 nitrogen and oxygen atoms in total. The van der Waals surface area contributed by atoms with Gasteiger partial charge < -0.3 is 20.1 Å². The predicted molar refractivity (Wildman–Crippen MR) is 101 cm³/mol. The number of benzene rings is 2. The highest BCUT2D eigenvalue weighted by atomic mass is 19.1. The summed E-state index contributed by atoms with van der Waals surface area (Å²) in [5.74, 6) is 0.690. The molecular formula is C20H18FN3O3. The van der Waals surface area contributed by atoms with Gasteiger partial charge in [-0.1, -0.05) is 12.1 Å². The van der Waals surface area contributed by atoms with Gasteiger partial charge in [0.1, 0.15) is 11.6 Å². The summed E-state index contributed by atoms with van der Waals surface area (Å²) in [5.41, 5.74) is 1.20. The Hall–Kier alpha value is -3.61. The van der Waals surface area contributed by atoms with Gasteiger partial charge in [0.15, 0.2) is 11.5 Å². The fourth-order valence-corrected chi connectivity index (χ4v) is 2.45. The number of nitrogens with one attached hydrogen (secondary N) is 2. The Kier molecular flexibility index (Phi) is 5.51. The summed E-state index contributed by atoms with van der Waals surface area (Å²) in [6.07, 6.45) is 1.49. The van der Waals surface area contributed by atoms with Gasteiger partial charge in [-0.25, -0.2) is 9.37 Å². The third-order valence-corrected chi connectivity index (χ3v) is 3.80. The van der Waals surface area contributed by atoms with E-state index in [-0.39, 0.29) is 5.56 Å². The van der Waals surface area contributed by atoms with Crippen molar-refractivity contribution in [3.05, 3.63) is 72.2 Å². The fraction of sp³-hybridized carbons (Fsp3) is 0.100. The number of carbonyl (C=O) groups excluding carboxylic acids is 1. The molecule has 0 unspecified atom stereocenters. The van der Waals surface area contributed by atoms with Crippen LogP contribution in [0, 0.1) is 5.82 Å². The highest BCUT2D eigenvalue weighted by Gasteiger charge is 2.11. The van der Waals surface area contributed by atoms with Crippen LogP contribution in [0.25, 0.3) is 0 Å². The molecule has 0 bridgehead atoms. The molecule has 3 rings (SSSR count). The molecule has 2 aromatic carbocycles. The summed E-state index contributed by atoms with van der Waals surface area (Å²) in [6, 6.07) is 14.6. The number of methoxy groups -OCH3 is 2. The lowest BCUT2D eigenvalue weighted by Crippen LogP contribution is -2.13. The highest BCUT2D eigenvalue weighted by molar-refractivity contribution is 6.04. The van der Waals surface area contributed by atoms with E-state index in [0.29, 0.717) is 23.0 Å². The van der Waals surface area contributed by atoms with E-state index in [1.807, 2.05) is 6.07 Å². The van der Waals surface area contributed by atoms with Crippen molar-refractivity contribution in [3.63, 3.8) is 0 Å². The summed E-state index contributed by atoms with van der Waals surface area (Å²) < 4.78 is 24.1. The van der Waals surface area contributed by atoms with Crippen molar-refractivity contribution in [3.8, 4) is 11.5 Å². The minimum absolute atomic E-state index is 0.0231. The van der Waals surface area contributed by atoms with Crippen molar-refractivity contribution in [1.82, 2.24) is 4.98 Å². The van der Waals surface area contributed by atoms with Crippen molar-refractivity contribution < 1.29 is 18.7 Å². The maximum absolute atomic E-state index is 13.7. The zero-order chi connectivity index (χ0) is 19.2. The van der Waals surface area contributed by atoms with Crippen LogP contribution in [-0.2, 0) is 0 Å². The number of anilines is 3. The molecule has 3 aromatic rings. The second-order valence-electron chi connectivity index (χ2n) is 5.56. The van der Waals surface area contributed by atoms with E-state index in [1.165, 1.54) is 24.4 Å². The van der Waals surface area contributed by atoms with Crippen LogP contribution >= 0.6 is 0 Å². The fourth-order valence-electron chi connectivity index (χ4n) is 2.45. The van der Waals surface area contributed by atoms with E-state index < -0.39 is 11.7 Å². The maximum atomic E-state index is 13.7. The second kappa shape index (κ2) is 8.18. The first-order valence-electron chi connectivity index (χ1n) is 8.11. The Morgan fingerprint density at radius 2 is 1.70 bits per heavy atom. The SMILES string of the molecule is COc1ccc(Nc2ccc(NC(=O)c3ccccc3F)cn2)cc1OC. The van der Waals surface area contributed by atoms with E-state index in [2.05, 4.69) is 15.6 Å². The first-order valence-corrected chi connectivity index (χ1v) is 8.11. The molecule has 0 saturated heterocycles. The average Bonchev–Trinajstić information content (AvgIpc) is 2.69. The second-order valence-corrected chi connectivity index (χ2v) is 5.56. The molecule has 0 fully saturated rings. The topological polar surface area (TPSA) is 72.5 Å². The summed E-state index contributed by atoms with van der Waals surface area (Å²) in [4.78, 5) is 16.4. The van der Waals surface area contributed by atoms with Crippen molar-refractivity contribution in [2.45, 2.75) is 0 Å². The summed E-state index contributed by atoms with van der Waals surface area (Å²) in [7, 11) is 3.13. The molecule has 0 saturated carbocycles. The molecule has 1 heterocycles. The zero-order valence-corrected chi connectivity index (χ0v) is 14.8. The molecule has 0 atom stereocenters. The Bertz CT molecular complexity index is 945. The lowest BCUT2D eigenvalue weighted by molar-refractivity contribution is 0.102. The molecule has 2 N–H and O–H groups in total. The lowest BCUT2D eigenvalue weighted by Gasteiger charge is -2.11. The van der Waals surface area contributed by atoms with E-state index in [9.17, 15) is 9.18 Å². The third kappa shape index (κ3) is 4.33. The number of nitrogens with zero attached hydrogens (tertiary/aromatic N) is 1. The van der Waals surface area contributed by atoms with E-state index >= 15 is 0 Å². The smallest absolute Gasteiger partial charge is 0.258 e. The maximum Gasteiger partial charge on any atom is 0.258 e. The van der Waals surface area contributed by atoms with Gasteiger partial charge in [0.25, 0.3) is 5.91 Å². The molecule has 0 aliphatic rings. The molecule has 27 heavy (non-hydrogen) atoms. The van der Waals surface area contributed by atoms with Crippen LogP contribution in [0.4, 0.5) is 21.6 Å². The Morgan fingerprint density at radius 1 is 0.963 bits per heavy atom. The van der Waals surface area contributed by atoms with Crippen LogP contribution in [0.3, 0.4) is 0 Å². The predicted octanol–water partition coefficient (Wildman–Crippen LogP) is 4.23. The lowest BCUT2D eigenvalue weighted by atomic mass is 10.2. The largest absolute Gasteiger partial charge is 0.493 e. The number of amides is 1. The third-order valence-electron chi connectivity index (χ3n) is 3.80. The van der Waals surface area contributed by atoms with Gasteiger partial charge in [-0.05, 0) is 36.4 Å². The van der Waals surface area contributed by atoms with Crippen molar-refractivity contribution >= 4 is 23.1 Å². The summed E-state index contributed by atoms with van der Waals surface area (Å²) >= 11 is 0. The van der Waals surface area contributed by atoms with Crippen LogP contribution < -0.4 is 20.1 Å². The van der Waals surface area contributed by atoms with Gasteiger partial charge in [0.05, 0.1) is 31.7 Å². The molecule has 138 valence electrons. The monoisotopic (exact) mass is 367 g/mol. The van der Waals surface area contributed by atoms with Crippen LogP contribution in [0.5, 0.6) is 11.5 Å². The van der Waals surface area contributed by atoms with Crippen molar-refractivity contribution in [2.24, 2.45) is 0 Å². The van der Waals surface area contributed by atoms with Crippen molar-refractivity contribution in [2.75, 3.05) is 24.9 Å². The number of aromatic nitrogens is 1. The summed E-state index contributed by atoms with van der Waals surface area (Å²) in [6.45, 7) is 0. The molecule has 1 aromatic heterocycles. The number of ether oxygens (including phenoxy) is 2. The number of carbonyl (C=O) groups is 1. The van der Waals surface area contributed by atoms with Crippen molar-refractivity contribution in [1.29, 1.82) is 0 Å². The number of hydrogen-bond acceptors (Lipinski definition) is 5. The van der Waals surface area contributed by atoms with Gasteiger partial charge in [0, 0.05) is 11.8 Å². The number of pyridine rings is 1. The first-order chi connectivity index (χ1) is 13.1. The van der Waals surface area contributed by atoms with Crippen LogP contribution in [0.2, 0.25) is 0 Å². The summed E-state index contributed by atoms with van der Waals surface area (Å²) in [5, 5.41) is 5.75. The first kappa shape index (κ1) is 18.2. The number of halogens is 1. The molecule has 0 radical (unpaired) electrons. The van der Waals surface area contributed by atoms with Gasteiger partial charge in [-0.2, -0.15) is 0 Å². The van der Waals surface area contributed by atoms with E-state index in [4.69, 9.17) is 9.47 Å². The zero-order valence-electron chi connectivity index (χ0n) is 14.8. The Labute approximate surface area is 156 Å². The Balaban J connectivity index is 1.69. The molecule has 0 aliphatic heterocycles. The quantitative estimate of drug-likeness (QED) is 0.682. The molecule has 7 heteroatoms. The van der Waals surface area contributed by atoms with Crippen LogP contribution in [0.1, 0.15) is 10.4 Å². The van der Waals surface area contributed by atoms with Gasteiger partial charge in [-0.3, -0.25) is 4.79 Å². The molecule has 0 spiro atoms. The van der Waals surface area contributed by atoms with Gasteiger partial charge >= 0.3 is 0 Å². The van der Waals surface area contributed by atoms with Gasteiger partial charge in [0.2, 0.25) is 0 Å². The molecule has 1 amide bonds. The molecular weight excluding hydrogens is 349 g/mol. The van der Waals surface area contributed by atoms with Gasteiger partial charge in [-0.15, -0.1) is 0 Å². The van der Waals surface area contributed by atoms with Crippen LogP contribution in [0.15, 0.2) is 60.8 Å². The minimum Gasteiger partial charge on any atom is -0.493 e. The normalized spacial score (nSPS) is 10.2. The minimum atomic E-state index is -0.574. The Morgan fingerprint density at radius 3 is 2.37 bits per heavy atom. The van der Waals surface area contributed by atoms with E-state index in [0.717, 1.165) is 5.69 Å².